The van der Waals surface area contributed by atoms with Crippen molar-refractivity contribution in [3.05, 3.63) is 83.3 Å². The lowest BCUT2D eigenvalue weighted by molar-refractivity contribution is 0.111. The van der Waals surface area contributed by atoms with Gasteiger partial charge in [0.1, 0.15) is 5.75 Å². The normalized spacial score (nSPS) is 13.8. The van der Waals surface area contributed by atoms with Gasteiger partial charge in [0.2, 0.25) is 0 Å². The first-order chi connectivity index (χ1) is 19.2. The number of fused-ring (bicyclic) bond motifs is 3. The Labute approximate surface area is 229 Å². The summed E-state index contributed by atoms with van der Waals surface area (Å²) in [6.45, 7) is 4.73. The maximum atomic E-state index is 12.6. The fraction of sp³-hybridized carbons (Fsp3) is 0.333. The summed E-state index contributed by atoms with van der Waals surface area (Å²) < 4.78 is 16.5. The average molecular weight is 522 g/mol. The standard InChI is InChI=1S/C33H35N3O3/c1-3-29-32-27-15-9-14-26-25(16-10-20-39-31-17-8-12-23-11-4-5-13-24(23)31)30(21-37)36(33(26)27)18-6-7-19-38-22-28(32)34-35(29)2/h4-5,8-9,11-15,17,21H,3,6-7,10,16,18-20,22H2,1-2H3. The number of hydrogen-bond acceptors (Lipinski definition) is 4. The van der Waals surface area contributed by atoms with Gasteiger partial charge in [0.05, 0.1) is 30.1 Å². The summed E-state index contributed by atoms with van der Waals surface area (Å²) in [5.74, 6) is 0.904. The van der Waals surface area contributed by atoms with E-state index in [0.29, 0.717) is 19.8 Å². The minimum atomic E-state index is 0.499. The van der Waals surface area contributed by atoms with Crippen molar-refractivity contribution in [2.24, 2.45) is 7.05 Å². The lowest BCUT2D eigenvalue weighted by Gasteiger charge is -2.12. The molecule has 2 aromatic heterocycles. The van der Waals surface area contributed by atoms with Crippen LogP contribution >= 0.6 is 0 Å². The number of carbonyl (C=O) groups excluding carboxylic acids is 1. The van der Waals surface area contributed by atoms with Crippen molar-refractivity contribution in [1.82, 2.24) is 14.3 Å². The van der Waals surface area contributed by atoms with E-state index in [2.05, 4.69) is 47.9 Å². The molecule has 0 fully saturated rings. The smallest absolute Gasteiger partial charge is 0.166 e. The molecular formula is C33H35N3O3. The highest BCUT2D eigenvalue weighted by Gasteiger charge is 2.24. The molecule has 0 unspecified atom stereocenters. The summed E-state index contributed by atoms with van der Waals surface area (Å²) in [5, 5.41) is 8.29. The van der Waals surface area contributed by atoms with Gasteiger partial charge in [-0.05, 0) is 49.1 Å². The number of aryl methyl sites for hydroxylation is 3. The summed E-state index contributed by atoms with van der Waals surface area (Å²) in [6, 6.07) is 20.9. The van der Waals surface area contributed by atoms with E-state index in [1.165, 1.54) is 11.1 Å². The van der Waals surface area contributed by atoms with Crippen molar-refractivity contribution in [1.29, 1.82) is 0 Å². The van der Waals surface area contributed by atoms with Gasteiger partial charge in [-0.3, -0.25) is 9.48 Å². The van der Waals surface area contributed by atoms with Crippen LogP contribution in [0.25, 0.3) is 32.8 Å². The van der Waals surface area contributed by atoms with Gasteiger partial charge in [-0.15, -0.1) is 0 Å². The highest BCUT2D eigenvalue weighted by molar-refractivity contribution is 6.02. The van der Waals surface area contributed by atoms with Crippen molar-refractivity contribution >= 4 is 28.0 Å². The molecule has 0 aliphatic carbocycles. The second-order valence-corrected chi connectivity index (χ2v) is 10.3. The summed E-state index contributed by atoms with van der Waals surface area (Å²) >= 11 is 0. The van der Waals surface area contributed by atoms with E-state index in [-0.39, 0.29) is 0 Å². The zero-order valence-electron chi connectivity index (χ0n) is 22.8. The van der Waals surface area contributed by atoms with Crippen molar-refractivity contribution in [2.75, 3.05) is 13.2 Å². The van der Waals surface area contributed by atoms with Crippen LogP contribution in [0, 0.1) is 0 Å². The summed E-state index contributed by atoms with van der Waals surface area (Å²) in [6.07, 6.45) is 5.40. The van der Waals surface area contributed by atoms with E-state index in [4.69, 9.17) is 14.6 Å². The van der Waals surface area contributed by atoms with Crippen LogP contribution in [0.2, 0.25) is 0 Å². The van der Waals surface area contributed by atoms with Crippen molar-refractivity contribution in [2.45, 2.75) is 52.2 Å². The Bertz CT molecular complexity index is 1640. The molecule has 3 aromatic carbocycles. The van der Waals surface area contributed by atoms with Gasteiger partial charge in [-0.2, -0.15) is 5.10 Å². The van der Waals surface area contributed by atoms with Gasteiger partial charge in [-0.25, -0.2) is 0 Å². The van der Waals surface area contributed by atoms with Crippen LogP contribution < -0.4 is 4.74 Å². The van der Waals surface area contributed by atoms with Gasteiger partial charge >= 0.3 is 0 Å². The fourth-order valence-electron chi connectivity index (χ4n) is 6.16. The van der Waals surface area contributed by atoms with Crippen molar-refractivity contribution in [3.8, 4) is 16.9 Å². The predicted molar refractivity (Wildman–Crippen MR) is 156 cm³/mol. The number of carbonyl (C=O) groups is 1. The molecule has 0 atom stereocenters. The molecule has 0 amide bonds. The highest BCUT2D eigenvalue weighted by Crippen LogP contribution is 2.38. The molecule has 1 aliphatic rings. The van der Waals surface area contributed by atoms with Gasteiger partial charge in [0.25, 0.3) is 0 Å². The summed E-state index contributed by atoms with van der Waals surface area (Å²) in [7, 11) is 2.01. The van der Waals surface area contributed by atoms with E-state index >= 15 is 0 Å². The first-order valence-electron chi connectivity index (χ1n) is 14.0. The number of hydrogen-bond donors (Lipinski definition) is 0. The molecule has 1 aliphatic heterocycles. The van der Waals surface area contributed by atoms with Gasteiger partial charge in [0, 0.05) is 47.8 Å². The van der Waals surface area contributed by atoms with E-state index in [1.54, 1.807) is 0 Å². The van der Waals surface area contributed by atoms with Crippen LogP contribution in [0.4, 0.5) is 0 Å². The van der Waals surface area contributed by atoms with Gasteiger partial charge < -0.3 is 14.0 Å². The number of benzene rings is 3. The number of para-hydroxylation sites is 1. The Kier molecular flexibility index (Phi) is 7.20. The van der Waals surface area contributed by atoms with Crippen LogP contribution in [-0.4, -0.2) is 33.8 Å². The number of aldehydes is 1. The SMILES string of the molecule is CCc1c2c(nn1C)COCCCCn1c(C=O)c(CCCOc3cccc4ccccc34)c3cccc-2c31. The molecule has 39 heavy (non-hydrogen) atoms. The lowest BCUT2D eigenvalue weighted by atomic mass is 9.97. The molecular weight excluding hydrogens is 486 g/mol. The molecule has 6 heteroatoms. The molecule has 0 spiro atoms. The number of rotatable bonds is 7. The third-order valence-corrected chi connectivity index (χ3v) is 7.92. The first-order valence-corrected chi connectivity index (χ1v) is 14.0. The van der Waals surface area contributed by atoms with Crippen LogP contribution in [0.1, 0.15) is 53.6 Å². The second-order valence-electron chi connectivity index (χ2n) is 10.3. The van der Waals surface area contributed by atoms with Crippen LogP contribution in [-0.2, 0) is 37.8 Å². The minimum Gasteiger partial charge on any atom is -0.493 e. The Morgan fingerprint density at radius 2 is 1.85 bits per heavy atom. The van der Waals surface area contributed by atoms with E-state index in [0.717, 1.165) is 95.1 Å². The molecule has 6 rings (SSSR count). The fourth-order valence-corrected chi connectivity index (χ4v) is 6.16. The number of nitrogens with zero attached hydrogens (tertiary/aromatic N) is 3. The van der Waals surface area contributed by atoms with E-state index in [1.807, 2.05) is 36.0 Å². The minimum absolute atomic E-state index is 0.499. The number of aromatic nitrogens is 3. The Balaban J connectivity index is 1.38. The largest absolute Gasteiger partial charge is 0.493 e. The van der Waals surface area contributed by atoms with E-state index < -0.39 is 0 Å². The molecule has 6 nitrogen and oxygen atoms in total. The molecule has 0 saturated heterocycles. The van der Waals surface area contributed by atoms with Crippen LogP contribution in [0.3, 0.4) is 0 Å². The topological polar surface area (TPSA) is 58.3 Å². The number of ether oxygens (including phenoxy) is 2. The van der Waals surface area contributed by atoms with E-state index in [9.17, 15) is 4.79 Å². The van der Waals surface area contributed by atoms with Crippen molar-refractivity contribution < 1.29 is 14.3 Å². The van der Waals surface area contributed by atoms with Crippen LogP contribution in [0.15, 0.2) is 60.7 Å². The predicted octanol–water partition coefficient (Wildman–Crippen LogP) is 6.89. The molecule has 0 saturated carbocycles. The average Bonchev–Trinajstić information content (AvgIpc) is 3.44. The Hall–Kier alpha value is -3.90. The zero-order valence-corrected chi connectivity index (χ0v) is 22.8. The Morgan fingerprint density at radius 3 is 2.72 bits per heavy atom. The molecule has 5 aromatic rings. The molecule has 200 valence electrons. The molecule has 0 bridgehead atoms. The lowest BCUT2D eigenvalue weighted by Crippen LogP contribution is -2.06. The summed E-state index contributed by atoms with van der Waals surface area (Å²) in [4.78, 5) is 12.6. The van der Waals surface area contributed by atoms with Crippen molar-refractivity contribution in [3.63, 3.8) is 0 Å². The highest BCUT2D eigenvalue weighted by atomic mass is 16.5. The molecule has 3 heterocycles. The van der Waals surface area contributed by atoms with Crippen LogP contribution in [0.5, 0.6) is 5.75 Å². The van der Waals surface area contributed by atoms with Gasteiger partial charge in [0.15, 0.2) is 6.29 Å². The monoisotopic (exact) mass is 521 g/mol. The maximum Gasteiger partial charge on any atom is 0.166 e. The third-order valence-electron chi connectivity index (χ3n) is 7.92. The summed E-state index contributed by atoms with van der Waals surface area (Å²) in [5.41, 5.74) is 7.47. The first kappa shape index (κ1) is 25.4. The quantitative estimate of drug-likeness (QED) is 0.173. The van der Waals surface area contributed by atoms with Gasteiger partial charge in [-0.1, -0.05) is 61.5 Å². The third kappa shape index (κ3) is 4.63. The second kappa shape index (κ2) is 11.1. The zero-order chi connectivity index (χ0) is 26.8. The maximum absolute atomic E-state index is 12.6. The molecule has 0 radical (unpaired) electrons. The Morgan fingerprint density at radius 1 is 1.03 bits per heavy atom. The molecule has 0 N–H and O–H groups in total.